The largest absolute Gasteiger partial charge is 0.390 e. The number of aliphatic hydroxyl groups excluding tert-OH is 1. The van der Waals surface area contributed by atoms with Gasteiger partial charge in [-0.15, -0.1) is 0 Å². The van der Waals surface area contributed by atoms with Crippen LogP contribution in [0.4, 0.5) is 0 Å². The van der Waals surface area contributed by atoms with Gasteiger partial charge in [-0.2, -0.15) is 11.3 Å². The minimum atomic E-state index is -0.338. The molecule has 2 rings (SSSR count). The first-order chi connectivity index (χ1) is 9.16. The van der Waals surface area contributed by atoms with Crippen LogP contribution in [0.2, 0.25) is 0 Å². The lowest BCUT2D eigenvalue weighted by Gasteiger charge is -2.43. The van der Waals surface area contributed by atoms with E-state index in [1.807, 2.05) is 6.92 Å². The summed E-state index contributed by atoms with van der Waals surface area (Å²) < 4.78 is 6.03. The van der Waals surface area contributed by atoms with Gasteiger partial charge >= 0.3 is 0 Å². The van der Waals surface area contributed by atoms with Crippen molar-refractivity contribution in [2.75, 3.05) is 6.61 Å². The summed E-state index contributed by atoms with van der Waals surface area (Å²) in [6, 6.07) is 2.15. The van der Waals surface area contributed by atoms with Gasteiger partial charge in [-0.1, -0.05) is 19.8 Å². The summed E-state index contributed by atoms with van der Waals surface area (Å²) in [5.41, 5.74) is 1.04. The SMILES string of the molecule is CCOC1(C(O)CCc2ccsc2)CCCC(C)C1. The van der Waals surface area contributed by atoms with Crippen LogP contribution in [0.3, 0.4) is 0 Å². The molecule has 1 aromatic rings. The highest BCUT2D eigenvalue weighted by atomic mass is 32.1. The molecule has 0 saturated heterocycles. The van der Waals surface area contributed by atoms with E-state index in [9.17, 15) is 5.11 Å². The zero-order chi connectivity index (χ0) is 13.7. The van der Waals surface area contributed by atoms with Crippen molar-refractivity contribution in [3.63, 3.8) is 0 Å². The maximum Gasteiger partial charge on any atom is 0.0942 e. The third kappa shape index (κ3) is 3.80. The third-order valence-electron chi connectivity index (χ3n) is 4.32. The average Bonchev–Trinajstić information content (AvgIpc) is 2.89. The second-order valence-electron chi connectivity index (χ2n) is 5.89. The van der Waals surface area contributed by atoms with Gasteiger partial charge in [0.25, 0.3) is 0 Å². The molecule has 1 heterocycles. The molecule has 3 atom stereocenters. The molecule has 0 bridgehead atoms. The maximum atomic E-state index is 10.7. The van der Waals surface area contributed by atoms with Crippen molar-refractivity contribution in [1.29, 1.82) is 0 Å². The summed E-state index contributed by atoms with van der Waals surface area (Å²) >= 11 is 1.72. The maximum absolute atomic E-state index is 10.7. The van der Waals surface area contributed by atoms with Crippen LogP contribution >= 0.6 is 11.3 Å². The summed E-state index contributed by atoms with van der Waals surface area (Å²) in [6.45, 7) is 5.01. The molecule has 0 aliphatic heterocycles. The highest BCUT2D eigenvalue weighted by Crippen LogP contribution is 2.39. The number of hydrogen-bond donors (Lipinski definition) is 1. The summed E-state index contributed by atoms with van der Waals surface area (Å²) in [5, 5.41) is 14.9. The Morgan fingerprint density at radius 1 is 1.58 bits per heavy atom. The minimum Gasteiger partial charge on any atom is -0.390 e. The summed E-state index contributed by atoms with van der Waals surface area (Å²) in [5.74, 6) is 0.663. The van der Waals surface area contributed by atoms with Crippen LogP contribution in [0.25, 0.3) is 0 Å². The number of rotatable bonds is 6. The van der Waals surface area contributed by atoms with Gasteiger partial charge in [-0.05, 0) is 60.9 Å². The predicted molar refractivity (Wildman–Crippen MR) is 80.6 cm³/mol. The fraction of sp³-hybridized carbons (Fsp3) is 0.750. The van der Waals surface area contributed by atoms with Crippen molar-refractivity contribution in [2.45, 2.75) is 64.1 Å². The van der Waals surface area contributed by atoms with Crippen molar-refractivity contribution in [3.05, 3.63) is 22.4 Å². The first-order valence-electron chi connectivity index (χ1n) is 7.49. The monoisotopic (exact) mass is 282 g/mol. The van der Waals surface area contributed by atoms with Crippen LogP contribution < -0.4 is 0 Å². The van der Waals surface area contributed by atoms with Gasteiger partial charge in [0.05, 0.1) is 11.7 Å². The zero-order valence-electron chi connectivity index (χ0n) is 12.1. The van der Waals surface area contributed by atoms with Gasteiger partial charge in [-0.3, -0.25) is 0 Å². The van der Waals surface area contributed by atoms with E-state index in [-0.39, 0.29) is 11.7 Å². The lowest BCUT2D eigenvalue weighted by molar-refractivity contribution is -0.149. The number of ether oxygens (including phenoxy) is 1. The summed E-state index contributed by atoms with van der Waals surface area (Å²) in [7, 11) is 0. The Labute approximate surface area is 120 Å². The molecule has 1 aliphatic carbocycles. The first kappa shape index (κ1) is 15.0. The lowest BCUT2D eigenvalue weighted by Crippen LogP contribution is -2.48. The van der Waals surface area contributed by atoms with Gasteiger partial charge in [0.1, 0.15) is 0 Å². The number of aliphatic hydroxyl groups is 1. The topological polar surface area (TPSA) is 29.5 Å². The zero-order valence-corrected chi connectivity index (χ0v) is 12.9. The molecule has 3 unspecified atom stereocenters. The van der Waals surface area contributed by atoms with Crippen LogP contribution in [-0.4, -0.2) is 23.4 Å². The summed E-state index contributed by atoms with van der Waals surface area (Å²) in [6.07, 6.45) is 5.89. The van der Waals surface area contributed by atoms with Crippen LogP contribution in [0.15, 0.2) is 16.8 Å². The van der Waals surface area contributed by atoms with E-state index in [0.717, 1.165) is 25.7 Å². The van der Waals surface area contributed by atoms with Crippen molar-refractivity contribution in [1.82, 2.24) is 0 Å². The molecule has 0 spiro atoms. The molecule has 0 radical (unpaired) electrons. The Morgan fingerprint density at radius 2 is 2.42 bits per heavy atom. The molecular weight excluding hydrogens is 256 g/mol. The quantitative estimate of drug-likeness (QED) is 0.853. The van der Waals surface area contributed by atoms with Gasteiger partial charge in [0.2, 0.25) is 0 Å². The minimum absolute atomic E-state index is 0.289. The molecule has 1 saturated carbocycles. The number of thiophene rings is 1. The van der Waals surface area contributed by atoms with Crippen LogP contribution in [0.1, 0.15) is 51.5 Å². The molecule has 19 heavy (non-hydrogen) atoms. The second kappa shape index (κ2) is 6.87. The normalized spacial score (nSPS) is 29.3. The standard InChI is InChI=1S/C16H26O2S/c1-3-18-16(9-4-5-13(2)11-16)15(17)7-6-14-8-10-19-12-14/h8,10,12-13,15,17H,3-7,9,11H2,1-2H3. The molecule has 1 fully saturated rings. The molecule has 1 N–H and O–H groups in total. The molecule has 0 amide bonds. The van der Waals surface area contributed by atoms with Gasteiger partial charge in [0.15, 0.2) is 0 Å². The van der Waals surface area contributed by atoms with Crippen LogP contribution in [0, 0.1) is 5.92 Å². The number of hydrogen-bond acceptors (Lipinski definition) is 3. The van der Waals surface area contributed by atoms with Crippen molar-refractivity contribution < 1.29 is 9.84 Å². The van der Waals surface area contributed by atoms with Gasteiger partial charge < -0.3 is 9.84 Å². The van der Waals surface area contributed by atoms with Gasteiger partial charge in [0, 0.05) is 6.61 Å². The fourth-order valence-electron chi connectivity index (χ4n) is 3.36. The highest BCUT2D eigenvalue weighted by molar-refractivity contribution is 7.07. The van der Waals surface area contributed by atoms with E-state index in [1.165, 1.54) is 18.4 Å². The molecule has 108 valence electrons. The van der Waals surface area contributed by atoms with E-state index in [4.69, 9.17) is 4.74 Å². The average molecular weight is 282 g/mol. The first-order valence-corrected chi connectivity index (χ1v) is 8.43. The third-order valence-corrected chi connectivity index (χ3v) is 5.05. The lowest BCUT2D eigenvalue weighted by atomic mass is 9.74. The molecule has 2 nitrogen and oxygen atoms in total. The van der Waals surface area contributed by atoms with Crippen LogP contribution in [-0.2, 0) is 11.2 Å². The fourth-order valence-corrected chi connectivity index (χ4v) is 4.07. The van der Waals surface area contributed by atoms with E-state index in [2.05, 4.69) is 23.8 Å². The van der Waals surface area contributed by atoms with Crippen molar-refractivity contribution in [3.8, 4) is 0 Å². The number of aryl methyl sites for hydroxylation is 1. The highest BCUT2D eigenvalue weighted by Gasteiger charge is 2.41. The van der Waals surface area contributed by atoms with E-state index < -0.39 is 0 Å². The van der Waals surface area contributed by atoms with Crippen molar-refractivity contribution >= 4 is 11.3 Å². The molecular formula is C16H26O2S. The molecule has 1 aromatic heterocycles. The Morgan fingerprint density at radius 3 is 3.05 bits per heavy atom. The van der Waals surface area contributed by atoms with Crippen molar-refractivity contribution in [2.24, 2.45) is 5.92 Å². The Bertz CT molecular complexity index is 359. The molecule has 1 aliphatic rings. The van der Waals surface area contributed by atoms with E-state index >= 15 is 0 Å². The van der Waals surface area contributed by atoms with E-state index in [0.29, 0.717) is 12.5 Å². The Balaban J connectivity index is 1.97. The smallest absolute Gasteiger partial charge is 0.0942 e. The molecule has 3 heteroatoms. The summed E-state index contributed by atoms with van der Waals surface area (Å²) in [4.78, 5) is 0. The van der Waals surface area contributed by atoms with Crippen LogP contribution in [0.5, 0.6) is 0 Å². The predicted octanol–water partition coefficient (Wildman–Crippen LogP) is 4.03. The second-order valence-corrected chi connectivity index (χ2v) is 6.67. The Kier molecular flexibility index (Phi) is 5.43. The molecule has 0 aromatic carbocycles. The van der Waals surface area contributed by atoms with Gasteiger partial charge in [-0.25, -0.2) is 0 Å². The van der Waals surface area contributed by atoms with E-state index in [1.54, 1.807) is 11.3 Å². The Hall–Kier alpha value is -0.380.